The normalized spacial score (nSPS) is 14.1. The Morgan fingerprint density at radius 3 is 2.32 bits per heavy atom. The molecule has 37 heavy (non-hydrogen) atoms. The van der Waals surface area contributed by atoms with Crippen LogP contribution in [0.1, 0.15) is 30.4 Å². The summed E-state index contributed by atoms with van der Waals surface area (Å²) in [7, 11) is 3.29. The molecule has 0 spiro atoms. The van der Waals surface area contributed by atoms with Gasteiger partial charge in [0.05, 0.1) is 19.9 Å². The number of ether oxygens (including phenoxy) is 3. The molecule has 194 valence electrons. The lowest BCUT2D eigenvalue weighted by atomic mass is 10.1. The van der Waals surface area contributed by atoms with Gasteiger partial charge in [-0.2, -0.15) is 0 Å². The summed E-state index contributed by atoms with van der Waals surface area (Å²) >= 11 is 0. The van der Waals surface area contributed by atoms with Crippen molar-refractivity contribution < 1.29 is 19.3 Å². The summed E-state index contributed by atoms with van der Waals surface area (Å²) in [5, 5.41) is 11.2. The lowest BCUT2D eigenvalue weighted by Gasteiger charge is -2.26. The SMILES string of the molecule is COc1ccc(-c2c(C)c3cc(O)ccc3n2Cc2ccc(OCCN3CCCCC3)cc2)cc1OC. The zero-order valence-electron chi connectivity index (χ0n) is 22.0. The van der Waals surface area contributed by atoms with E-state index < -0.39 is 0 Å². The van der Waals surface area contributed by atoms with Gasteiger partial charge in [-0.15, -0.1) is 0 Å². The highest BCUT2D eigenvalue weighted by molar-refractivity contribution is 5.93. The minimum absolute atomic E-state index is 0.262. The number of likely N-dealkylation sites (tertiary alicyclic amines) is 1. The predicted molar refractivity (Wildman–Crippen MR) is 148 cm³/mol. The van der Waals surface area contributed by atoms with Gasteiger partial charge in [0.25, 0.3) is 0 Å². The number of hydrogen-bond donors (Lipinski definition) is 1. The van der Waals surface area contributed by atoms with Crippen molar-refractivity contribution in [3.05, 3.63) is 71.8 Å². The van der Waals surface area contributed by atoms with E-state index >= 15 is 0 Å². The second kappa shape index (κ2) is 11.2. The number of nitrogens with zero attached hydrogens (tertiary/aromatic N) is 2. The van der Waals surface area contributed by atoms with Gasteiger partial charge >= 0.3 is 0 Å². The van der Waals surface area contributed by atoms with Crippen molar-refractivity contribution in [1.29, 1.82) is 0 Å². The highest BCUT2D eigenvalue weighted by Gasteiger charge is 2.18. The summed E-state index contributed by atoms with van der Waals surface area (Å²) in [5.74, 6) is 2.54. The van der Waals surface area contributed by atoms with Gasteiger partial charge < -0.3 is 23.9 Å². The maximum atomic E-state index is 10.2. The van der Waals surface area contributed by atoms with E-state index in [1.807, 2.05) is 24.3 Å². The fourth-order valence-electron chi connectivity index (χ4n) is 5.38. The molecule has 5 rings (SSSR count). The van der Waals surface area contributed by atoms with Crippen LogP contribution in [-0.4, -0.2) is 55.0 Å². The monoisotopic (exact) mass is 500 g/mol. The van der Waals surface area contributed by atoms with E-state index in [1.54, 1.807) is 20.3 Å². The standard InChI is InChI=1S/C31H36N2O4/c1-22-27-20-25(34)10-13-28(27)33(31(22)24-9-14-29(35-2)30(19-24)36-3)21-23-7-11-26(12-8-23)37-18-17-32-15-5-4-6-16-32/h7-14,19-20,34H,4-6,15-18,21H2,1-3H3. The Bertz CT molecular complexity index is 1350. The quantitative estimate of drug-likeness (QED) is 0.294. The summed E-state index contributed by atoms with van der Waals surface area (Å²) in [4.78, 5) is 2.49. The largest absolute Gasteiger partial charge is 0.508 e. The number of hydrogen-bond acceptors (Lipinski definition) is 5. The third-order valence-corrected chi connectivity index (χ3v) is 7.35. The maximum Gasteiger partial charge on any atom is 0.161 e. The molecular formula is C31H36N2O4. The van der Waals surface area contributed by atoms with Gasteiger partial charge in [0.15, 0.2) is 11.5 Å². The number of piperidine rings is 1. The van der Waals surface area contributed by atoms with Gasteiger partial charge in [-0.05, 0) is 92.5 Å². The molecule has 0 radical (unpaired) electrons. The number of aromatic hydroxyl groups is 1. The van der Waals surface area contributed by atoms with Crippen LogP contribution in [0.25, 0.3) is 22.2 Å². The van der Waals surface area contributed by atoms with Gasteiger partial charge in [-0.25, -0.2) is 0 Å². The van der Waals surface area contributed by atoms with Crippen molar-refractivity contribution in [3.8, 4) is 34.3 Å². The third kappa shape index (κ3) is 5.39. The minimum Gasteiger partial charge on any atom is -0.508 e. The van der Waals surface area contributed by atoms with Gasteiger partial charge in [-0.1, -0.05) is 18.6 Å². The van der Waals surface area contributed by atoms with Gasteiger partial charge in [0.1, 0.15) is 18.1 Å². The summed E-state index contributed by atoms with van der Waals surface area (Å²) < 4.78 is 19.4. The van der Waals surface area contributed by atoms with E-state index in [-0.39, 0.29) is 5.75 Å². The lowest BCUT2D eigenvalue weighted by Crippen LogP contribution is -2.33. The fraction of sp³-hybridized carbons (Fsp3) is 0.355. The van der Waals surface area contributed by atoms with Gasteiger partial charge in [0.2, 0.25) is 0 Å². The molecule has 0 bridgehead atoms. The number of aromatic nitrogens is 1. The number of phenolic OH excluding ortho intramolecular Hbond substituents is 1. The molecule has 0 atom stereocenters. The number of methoxy groups -OCH3 is 2. The molecule has 0 amide bonds. The third-order valence-electron chi connectivity index (χ3n) is 7.35. The highest BCUT2D eigenvalue weighted by atomic mass is 16.5. The molecule has 0 aliphatic carbocycles. The molecule has 1 N–H and O–H groups in total. The number of fused-ring (bicyclic) bond motifs is 1. The summed E-state index contributed by atoms with van der Waals surface area (Å²) in [5.41, 5.74) is 5.47. The average Bonchev–Trinajstić information content (AvgIpc) is 3.20. The topological polar surface area (TPSA) is 56.1 Å². The molecular weight excluding hydrogens is 464 g/mol. The van der Waals surface area contributed by atoms with Crippen LogP contribution in [0.15, 0.2) is 60.7 Å². The Hall–Kier alpha value is -3.64. The molecule has 1 fully saturated rings. The van der Waals surface area contributed by atoms with Crippen LogP contribution < -0.4 is 14.2 Å². The molecule has 1 saturated heterocycles. The van der Waals surface area contributed by atoms with Crippen molar-refractivity contribution in [1.82, 2.24) is 9.47 Å². The summed E-state index contributed by atoms with van der Waals surface area (Å²) in [6, 6.07) is 20.0. The van der Waals surface area contributed by atoms with E-state index in [4.69, 9.17) is 14.2 Å². The first-order valence-electron chi connectivity index (χ1n) is 13.1. The molecule has 4 aromatic rings. The average molecular weight is 501 g/mol. The Balaban J connectivity index is 1.41. The number of phenols is 1. The molecule has 1 aliphatic heterocycles. The molecule has 6 heteroatoms. The van der Waals surface area contributed by atoms with E-state index in [0.29, 0.717) is 24.7 Å². The van der Waals surface area contributed by atoms with E-state index in [0.717, 1.165) is 40.0 Å². The molecule has 0 unspecified atom stereocenters. The molecule has 0 saturated carbocycles. The zero-order chi connectivity index (χ0) is 25.8. The fourth-order valence-corrected chi connectivity index (χ4v) is 5.38. The Labute approximate surface area is 219 Å². The number of rotatable bonds is 9. The Kier molecular flexibility index (Phi) is 7.56. The first-order valence-corrected chi connectivity index (χ1v) is 13.1. The van der Waals surface area contributed by atoms with Gasteiger partial charge in [0, 0.05) is 29.6 Å². The van der Waals surface area contributed by atoms with E-state index in [2.05, 4.69) is 46.7 Å². The molecule has 6 nitrogen and oxygen atoms in total. The number of benzene rings is 3. The maximum absolute atomic E-state index is 10.2. The first kappa shape index (κ1) is 25.0. The van der Waals surface area contributed by atoms with Crippen LogP contribution in [0.5, 0.6) is 23.0 Å². The molecule has 3 aromatic carbocycles. The smallest absolute Gasteiger partial charge is 0.161 e. The minimum atomic E-state index is 0.262. The van der Waals surface area contributed by atoms with Crippen molar-refractivity contribution in [3.63, 3.8) is 0 Å². The molecule has 1 aromatic heterocycles. The predicted octanol–water partition coefficient (Wildman–Crippen LogP) is 6.25. The van der Waals surface area contributed by atoms with Crippen molar-refractivity contribution in [2.75, 3.05) is 40.5 Å². The summed E-state index contributed by atoms with van der Waals surface area (Å²) in [6.07, 6.45) is 3.95. The Morgan fingerprint density at radius 2 is 1.59 bits per heavy atom. The zero-order valence-corrected chi connectivity index (χ0v) is 22.0. The van der Waals surface area contributed by atoms with Crippen molar-refractivity contribution in [2.45, 2.75) is 32.7 Å². The molecule has 1 aliphatic rings. The van der Waals surface area contributed by atoms with Gasteiger partial charge in [-0.3, -0.25) is 4.90 Å². The highest BCUT2D eigenvalue weighted by Crippen LogP contribution is 2.39. The first-order chi connectivity index (χ1) is 18.1. The van der Waals surface area contributed by atoms with Crippen molar-refractivity contribution in [2.24, 2.45) is 0 Å². The van der Waals surface area contributed by atoms with Crippen LogP contribution in [0, 0.1) is 6.92 Å². The summed E-state index contributed by atoms with van der Waals surface area (Å²) in [6.45, 7) is 6.86. The Morgan fingerprint density at radius 1 is 0.838 bits per heavy atom. The second-order valence-electron chi connectivity index (χ2n) is 9.73. The van der Waals surface area contributed by atoms with E-state index in [9.17, 15) is 5.11 Å². The van der Waals surface area contributed by atoms with Crippen molar-refractivity contribution >= 4 is 10.9 Å². The van der Waals surface area contributed by atoms with E-state index in [1.165, 1.54) is 37.9 Å². The number of aryl methyl sites for hydroxylation is 1. The van der Waals surface area contributed by atoms with Crippen LogP contribution in [-0.2, 0) is 6.54 Å². The van der Waals surface area contributed by atoms with Crippen LogP contribution in [0.2, 0.25) is 0 Å². The lowest BCUT2D eigenvalue weighted by molar-refractivity contribution is 0.183. The second-order valence-corrected chi connectivity index (χ2v) is 9.73. The van der Waals surface area contributed by atoms with Crippen LogP contribution >= 0.6 is 0 Å². The molecule has 2 heterocycles. The van der Waals surface area contributed by atoms with Crippen LogP contribution in [0.3, 0.4) is 0 Å². The van der Waals surface area contributed by atoms with Crippen LogP contribution in [0.4, 0.5) is 0 Å².